The maximum absolute atomic E-state index is 14.8. The molecule has 0 bridgehead atoms. The summed E-state index contributed by atoms with van der Waals surface area (Å²) in [6, 6.07) is 3.39. The number of carbonyl (C=O) groups excluding carboxylic acids is 3. The normalized spacial score (nSPS) is 28.3. The summed E-state index contributed by atoms with van der Waals surface area (Å²) in [5.41, 5.74) is -0.714. The quantitative estimate of drug-likeness (QED) is 0.135. The van der Waals surface area contributed by atoms with Crippen molar-refractivity contribution in [2.75, 3.05) is 45.3 Å². The predicted molar refractivity (Wildman–Crippen MR) is 238 cm³/mol. The van der Waals surface area contributed by atoms with Gasteiger partial charge in [0.25, 0.3) is 0 Å². The van der Waals surface area contributed by atoms with Crippen molar-refractivity contribution in [3.05, 3.63) is 28.6 Å². The van der Waals surface area contributed by atoms with Crippen LogP contribution in [0.4, 0.5) is 9.93 Å². The van der Waals surface area contributed by atoms with Crippen LogP contribution in [0.25, 0.3) is 22.3 Å². The van der Waals surface area contributed by atoms with Crippen molar-refractivity contribution >= 4 is 62.8 Å². The summed E-state index contributed by atoms with van der Waals surface area (Å²) < 4.78 is 24.6. The maximum Gasteiger partial charge on any atom is 0.408 e. The SMILES string of the molecule is CC[C@@H]1C[C@]1(NC(=O)[C@@H]1CC(Oc2cc(-c3csc(NC(C)C)n3)nc3c(Cl)c(OC[C@@H]4COCCN4C)ccc23)CN1C(=O)[C@@H](NC(=O)O[C@@H]1C[C@@H]2C[C@@H]2C1)C(C)(C)C)C(=O)O. The van der Waals surface area contributed by atoms with Crippen LogP contribution < -0.4 is 25.4 Å². The molecule has 5 fully saturated rings. The van der Waals surface area contributed by atoms with Gasteiger partial charge >= 0.3 is 12.1 Å². The lowest BCUT2D eigenvalue weighted by molar-refractivity contribution is -0.146. The largest absolute Gasteiger partial charge is 0.490 e. The number of carbonyl (C=O) groups is 4. The fourth-order valence-corrected chi connectivity index (χ4v) is 10.5. The molecule has 18 heteroatoms. The Bertz CT molecular complexity index is 2230. The van der Waals surface area contributed by atoms with E-state index in [1.54, 1.807) is 12.1 Å². The number of nitrogens with zero attached hydrogens (tertiary/aromatic N) is 4. The molecule has 9 atom stereocenters. The number of rotatable bonds is 15. The van der Waals surface area contributed by atoms with Gasteiger partial charge in [0.15, 0.2) is 5.13 Å². The minimum atomic E-state index is -1.42. The number of nitrogens with one attached hydrogen (secondary N) is 3. The maximum atomic E-state index is 14.8. The van der Waals surface area contributed by atoms with Crippen LogP contribution in [0.3, 0.4) is 0 Å². The molecule has 1 unspecified atom stereocenters. The van der Waals surface area contributed by atoms with Gasteiger partial charge in [-0.15, -0.1) is 11.3 Å². The number of hydrogen-bond acceptors (Lipinski definition) is 13. The van der Waals surface area contributed by atoms with E-state index in [1.165, 1.54) is 22.7 Å². The molecule has 2 aliphatic heterocycles. The number of fused-ring (bicyclic) bond motifs is 2. The zero-order chi connectivity index (χ0) is 45.0. The Kier molecular flexibility index (Phi) is 12.8. The average Bonchev–Trinajstić information content (AvgIpc) is 3.90. The fourth-order valence-electron chi connectivity index (χ4n) is 9.37. The number of benzene rings is 1. The van der Waals surface area contributed by atoms with Crippen LogP contribution in [-0.4, -0.2) is 131 Å². The average molecular weight is 911 g/mol. The summed E-state index contributed by atoms with van der Waals surface area (Å²) in [6.07, 6.45) is 2.09. The van der Waals surface area contributed by atoms with Gasteiger partial charge in [-0.25, -0.2) is 19.6 Å². The zero-order valence-corrected chi connectivity index (χ0v) is 38.6. The molecule has 3 saturated carbocycles. The van der Waals surface area contributed by atoms with Gasteiger partial charge in [-0.3, -0.25) is 14.5 Å². The summed E-state index contributed by atoms with van der Waals surface area (Å²) in [7, 11) is 2.03. The fraction of sp³-hybridized carbons (Fsp3) is 0.644. The molecule has 0 radical (unpaired) electrons. The Morgan fingerprint density at radius 2 is 1.83 bits per heavy atom. The highest BCUT2D eigenvalue weighted by molar-refractivity contribution is 7.14. The Morgan fingerprint density at radius 3 is 2.49 bits per heavy atom. The molecule has 8 rings (SSSR count). The van der Waals surface area contributed by atoms with E-state index >= 15 is 0 Å². The third kappa shape index (κ3) is 9.67. The van der Waals surface area contributed by atoms with Gasteiger partial charge in [-0.1, -0.05) is 45.7 Å². The van der Waals surface area contributed by atoms with Gasteiger partial charge in [0, 0.05) is 35.8 Å². The van der Waals surface area contributed by atoms with Gasteiger partial charge in [0.05, 0.1) is 37.0 Å². The first kappa shape index (κ1) is 45.1. The Hall–Kier alpha value is -4.45. The standard InChI is InChI=1S/C45H60ClN7O9S/c1-8-26-18-45(26,41(56)57)51-39(54)33-16-29(19-53(33)40(55)38(44(4,5)6)50-43(58)62-28-14-24-13-25(24)15-28)61-35-17-31(32-22-63-42(49-32)47-23(2)3)48-37-30(35)9-10-34(36(37)46)60-21-27-20-59-12-11-52(27)7/h9-10,17,22-29,33,38H,8,11-16,18-21H2,1-7H3,(H,47,49)(H,50,58)(H,51,54)(H,56,57)/t24-,25+,26-,27+,28+,29?,33+,38-,45-/m1/s1. The van der Waals surface area contributed by atoms with Crippen LogP contribution in [0.1, 0.15) is 80.1 Å². The zero-order valence-electron chi connectivity index (χ0n) is 37.1. The number of carboxylic acid groups (broad SMARTS) is 1. The van der Waals surface area contributed by atoms with E-state index in [-0.39, 0.29) is 42.1 Å². The van der Waals surface area contributed by atoms with Crippen molar-refractivity contribution in [2.45, 2.75) is 122 Å². The number of likely N-dealkylation sites (N-methyl/N-ethyl adjacent to an activating group) is 1. The molecule has 3 aliphatic carbocycles. The monoisotopic (exact) mass is 909 g/mol. The Labute approximate surface area is 377 Å². The number of anilines is 1. The van der Waals surface area contributed by atoms with E-state index in [4.69, 9.17) is 40.5 Å². The highest BCUT2D eigenvalue weighted by Crippen LogP contribution is 2.52. The topological polar surface area (TPSA) is 194 Å². The van der Waals surface area contributed by atoms with E-state index < -0.39 is 53.0 Å². The Balaban J connectivity index is 1.10. The molecule has 342 valence electrons. The van der Waals surface area contributed by atoms with Crippen LogP contribution in [-0.2, 0) is 23.9 Å². The van der Waals surface area contributed by atoms with Gasteiger partial charge < -0.3 is 44.9 Å². The minimum Gasteiger partial charge on any atom is -0.490 e. The summed E-state index contributed by atoms with van der Waals surface area (Å²) in [5.74, 6) is -0.419. The number of aromatic nitrogens is 2. The third-order valence-corrected chi connectivity index (χ3v) is 14.4. The number of likely N-dealkylation sites (tertiary alicyclic amines) is 1. The number of ether oxygens (including phenoxy) is 4. The molecule has 63 heavy (non-hydrogen) atoms. The van der Waals surface area contributed by atoms with Gasteiger partial charge in [-0.05, 0) is 81.9 Å². The highest BCUT2D eigenvalue weighted by atomic mass is 35.5. The number of pyridine rings is 1. The molecule has 16 nitrogen and oxygen atoms in total. The molecule has 2 saturated heterocycles. The number of alkyl carbamates (subject to hydrolysis) is 1. The van der Waals surface area contributed by atoms with Crippen LogP contribution in [0.15, 0.2) is 23.6 Å². The lowest BCUT2D eigenvalue weighted by Gasteiger charge is -2.35. The van der Waals surface area contributed by atoms with Gasteiger partial charge in [0.2, 0.25) is 11.8 Å². The number of aliphatic carboxylic acids is 1. The van der Waals surface area contributed by atoms with Crippen molar-refractivity contribution in [1.82, 2.24) is 30.4 Å². The third-order valence-electron chi connectivity index (χ3n) is 13.3. The predicted octanol–water partition coefficient (Wildman–Crippen LogP) is 6.20. The second-order valence-electron chi connectivity index (χ2n) is 19.4. The molecule has 4 heterocycles. The van der Waals surface area contributed by atoms with Crippen molar-refractivity contribution in [2.24, 2.45) is 23.2 Å². The summed E-state index contributed by atoms with van der Waals surface area (Å²) in [6.45, 7) is 13.8. The summed E-state index contributed by atoms with van der Waals surface area (Å²) >= 11 is 8.57. The van der Waals surface area contributed by atoms with E-state index in [9.17, 15) is 24.3 Å². The van der Waals surface area contributed by atoms with Crippen LogP contribution in [0, 0.1) is 23.2 Å². The van der Waals surface area contributed by atoms with Crippen LogP contribution in [0.2, 0.25) is 5.02 Å². The van der Waals surface area contributed by atoms with Crippen molar-refractivity contribution < 1.29 is 43.2 Å². The smallest absolute Gasteiger partial charge is 0.408 e. The number of amides is 3. The van der Waals surface area contributed by atoms with Crippen LogP contribution in [0.5, 0.6) is 11.5 Å². The molecular weight excluding hydrogens is 850 g/mol. The summed E-state index contributed by atoms with van der Waals surface area (Å²) in [5, 5.41) is 22.7. The van der Waals surface area contributed by atoms with E-state index in [0.29, 0.717) is 78.3 Å². The minimum absolute atomic E-state index is 0.0340. The van der Waals surface area contributed by atoms with Crippen molar-refractivity contribution in [1.29, 1.82) is 0 Å². The lowest BCUT2D eigenvalue weighted by atomic mass is 9.85. The molecule has 3 amide bonds. The number of hydrogen-bond donors (Lipinski definition) is 4. The Morgan fingerprint density at radius 1 is 1.06 bits per heavy atom. The second kappa shape index (κ2) is 17.8. The molecule has 2 aromatic heterocycles. The molecule has 4 N–H and O–H groups in total. The first-order chi connectivity index (χ1) is 29.9. The van der Waals surface area contributed by atoms with Gasteiger partial charge in [0.1, 0.15) is 58.7 Å². The van der Waals surface area contributed by atoms with Crippen molar-refractivity contribution in [3.8, 4) is 22.9 Å². The second-order valence-corrected chi connectivity index (χ2v) is 20.6. The molecular formula is C45H60ClN7O9S. The molecule has 1 aromatic carbocycles. The lowest BCUT2D eigenvalue weighted by Crippen LogP contribution is -2.59. The summed E-state index contributed by atoms with van der Waals surface area (Å²) in [4.78, 5) is 68.4. The first-order valence-corrected chi connectivity index (χ1v) is 23.5. The van der Waals surface area contributed by atoms with Crippen molar-refractivity contribution in [3.63, 3.8) is 0 Å². The molecule has 5 aliphatic rings. The highest BCUT2D eigenvalue weighted by Gasteiger charge is 2.61. The van der Waals surface area contributed by atoms with E-state index in [2.05, 4.69) is 20.9 Å². The molecule has 0 spiro atoms. The van der Waals surface area contributed by atoms with Gasteiger partial charge in [-0.2, -0.15) is 0 Å². The molecule has 3 aromatic rings. The number of morpholine rings is 1. The first-order valence-electron chi connectivity index (χ1n) is 22.2. The number of thiazole rings is 1. The number of halogens is 1. The van der Waals surface area contributed by atoms with E-state index in [0.717, 1.165) is 24.5 Å². The number of carboxylic acids is 1. The van der Waals surface area contributed by atoms with Crippen LogP contribution >= 0.6 is 22.9 Å². The van der Waals surface area contributed by atoms with E-state index in [1.807, 2.05) is 60.0 Å².